The number of carbonyl (C=O) groups excluding carboxylic acids is 1. The van der Waals surface area contributed by atoms with Crippen LogP contribution >= 0.6 is 0 Å². The highest BCUT2D eigenvalue weighted by Crippen LogP contribution is 2.29. The summed E-state index contributed by atoms with van der Waals surface area (Å²) in [6.45, 7) is 0.254. The monoisotopic (exact) mass is 329 g/mol. The van der Waals surface area contributed by atoms with Gasteiger partial charge < -0.3 is 18.8 Å². The molecule has 0 aliphatic rings. The molecule has 1 aromatic heterocycles. The minimum atomic E-state index is -0.431. The molecular weight excluding hydrogens is 310 g/mol. The third kappa shape index (κ3) is 4.49. The number of rotatable bonds is 6. The van der Waals surface area contributed by atoms with Gasteiger partial charge in [-0.2, -0.15) is 0 Å². The Balaban J connectivity index is 2.12. The zero-order chi connectivity index (χ0) is 17.5. The van der Waals surface area contributed by atoms with Crippen molar-refractivity contribution in [2.24, 2.45) is 7.05 Å². The van der Waals surface area contributed by atoms with Crippen LogP contribution in [0.25, 0.3) is 6.08 Å². The average molecular weight is 329 g/mol. The normalized spacial score (nSPS) is 10.6. The zero-order valence-electron chi connectivity index (χ0n) is 13.8. The molecule has 6 nitrogen and oxygen atoms in total. The minimum Gasteiger partial charge on any atom is -0.493 e. The van der Waals surface area contributed by atoms with Gasteiger partial charge in [0.15, 0.2) is 11.5 Å². The lowest BCUT2D eigenvalue weighted by molar-refractivity contribution is -0.134. The summed E-state index contributed by atoms with van der Waals surface area (Å²) < 4.78 is 17.1. The number of pyridine rings is 1. The number of ether oxygens (including phenoxy) is 3. The Kier molecular flexibility index (Phi) is 5.78. The van der Waals surface area contributed by atoms with E-state index < -0.39 is 5.97 Å². The van der Waals surface area contributed by atoms with E-state index in [1.807, 2.05) is 6.07 Å². The number of aryl methyl sites for hydroxylation is 1. The molecule has 0 fully saturated rings. The van der Waals surface area contributed by atoms with Crippen molar-refractivity contribution in [1.82, 2.24) is 4.57 Å². The number of carbonyl (C=O) groups is 1. The third-order valence-electron chi connectivity index (χ3n) is 3.36. The molecule has 6 heteroatoms. The Morgan fingerprint density at radius 3 is 2.62 bits per heavy atom. The Bertz CT molecular complexity index is 807. The molecule has 0 saturated carbocycles. The summed E-state index contributed by atoms with van der Waals surface area (Å²) in [7, 11) is 4.55. The second kappa shape index (κ2) is 8.01. The van der Waals surface area contributed by atoms with E-state index in [9.17, 15) is 9.59 Å². The minimum absolute atomic E-state index is 0.0913. The van der Waals surface area contributed by atoms with Gasteiger partial charge in [-0.05, 0) is 35.4 Å². The molecule has 0 unspecified atom stereocenters. The smallest absolute Gasteiger partial charge is 0.330 e. The molecule has 0 saturated heterocycles. The van der Waals surface area contributed by atoms with E-state index in [0.29, 0.717) is 11.5 Å². The molecule has 24 heavy (non-hydrogen) atoms. The van der Waals surface area contributed by atoms with Gasteiger partial charge in [-0.3, -0.25) is 4.79 Å². The largest absolute Gasteiger partial charge is 0.493 e. The molecule has 2 aromatic rings. The van der Waals surface area contributed by atoms with Gasteiger partial charge >= 0.3 is 5.97 Å². The van der Waals surface area contributed by atoms with Crippen molar-refractivity contribution in [2.45, 2.75) is 6.61 Å². The van der Waals surface area contributed by atoms with Crippen molar-refractivity contribution in [2.75, 3.05) is 14.2 Å². The highest BCUT2D eigenvalue weighted by atomic mass is 16.5. The number of hydrogen-bond acceptors (Lipinski definition) is 5. The molecule has 1 aromatic carbocycles. The molecule has 0 bridgehead atoms. The first-order valence-corrected chi connectivity index (χ1v) is 7.26. The Morgan fingerprint density at radius 1 is 1.17 bits per heavy atom. The van der Waals surface area contributed by atoms with E-state index >= 15 is 0 Å². The van der Waals surface area contributed by atoms with Crippen LogP contribution in [0.4, 0.5) is 0 Å². The number of hydrogen-bond donors (Lipinski definition) is 0. The van der Waals surface area contributed by atoms with Crippen molar-refractivity contribution in [3.63, 3.8) is 0 Å². The maximum Gasteiger partial charge on any atom is 0.330 e. The molecule has 0 spiro atoms. The molecule has 2 rings (SSSR count). The van der Waals surface area contributed by atoms with Gasteiger partial charge in [0.25, 0.3) is 5.56 Å². The average Bonchev–Trinajstić information content (AvgIpc) is 2.60. The standard InChI is InChI=1S/C18H19NO5/c1-19-9-8-14(11-17(19)20)12-24-15-6-4-13(10-16(15)22-2)5-7-18(21)23-3/h4-11H,12H2,1-3H3/b7-5-. The molecular formula is C18H19NO5. The Morgan fingerprint density at radius 2 is 1.96 bits per heavy atom. The number of benzene rings is 1. The van der Waals surface area contributed by atoms with Crippen LogP contribution in [0.1, 0.15) is 11.1 Å². The lowest BCUT2D eigenvalue weighted by Gasteiger charge is -2.11. The Hall–Kier alpha value is -3.02. The lowest BCUT2D eigenvalue weighted by Crippen LogP contribution is -2.15. The number of aromatic nitrogens is 1. The fraction of sp³-hybridized carbons (Fsp3) is 0.222. The van der Waals surface area contributed by atoms with Crippen LogP contribution < -0.4 is 15.0 Å². The maximum atomic E-state index is 11.6. The molecule has 0 aliphatic heterocycles. The van der Waals surface area contributed by atoms with E-state index in [4.69, 9.17) is 9.47 Å². The molecule has 0 amide bonds. The highest BCUT2D eigenvalue weighted by Gasteiger charge is 2.06. The second-order valence-corrected chi connectivity index (χ2v) is 5.04. The van der Waals surface area contributed by atoms with Gasteiger partial charge in [-0.25, -0.2) is 4.79 Å². The lowest BCUT2D eigenvalue weighted by atomic mass is 10.2. The van der Waals surface area contributed by atoms with Crippen LogP contribution in [0.2, 0.25) is 0 Å². The molecule has 0 N–H and O–H groups in total. The van der Waals surface area contributed by atoms with Gasteiger partial charge in [0.2, 0.25) is 0 Å². The second-order valence-electron chi connectivity index (χ2n) is 5.04. The van der Waals surface area contributed by atoms with Crippen molar-refractivity contribution >= 4 is 12.0 Å². The van der Waals surface area contributed by atoms with E-state index in [1.54, 1.807) is 37.5 Å². The van der Waals surface area contributed by atoms with Gasteiger partial charge in [0, 0.05) is 25.4 Å². The molecule has 0 aliphatic carbocycles. The van der Waals surface area contributed by atoms with Gasteiger partial charge in [-0.1, -0.05) is 6.07 Å². The first-order chi connectivity index (χ1) is 11.5. The topological polar surface area (TPSA) is 66.8 Å². The fourth-order valence-corrected chi connectivity index (χ4v) is 1.98. The van der Waals surface area contributed by atoms with Crippen LogP contribution in [0.5, 0.6) is 11.5 Å². The predicted octanol–water partition coefficient (Wildman–Crippen LogP) is 2.16. The van der Waals surface area contributed by atoms with Crippen LogP contribution in [0.3, 0.4) is 0 Å². The summed E-state index contributed by atoms with van der Waals surface area (Å²) in [6.07, 6.45) is 4.65. The van der Waals surface area contributed by atoms with Crippen molar-refractivity contribution < 1.29 is 19.0 Å². The van der Waals surface area contributed by atoms with Gasteiger partial charge in [0.05, 0.1) is 14.2 Å². The highest BCUT2D eigenvalue weighted by molar-refractivity contribution is 5.87. The van der Waals surface area contributed by atoms with E-state index in [-0.39, 0.29) is 12.2 Å². The van der Waals surface area contributed by atoms with E-state index in [0.717, 1.165) is 11.1 Å². The van der Waals surface area contributed by atoms with Crippen molar-refractivity contribution in [3.8, 4) is 11.5 Å². The maximum absolute atomic E-state index is 11.6. The first-order valence-electron chi connectivity index (χ1n) is 7.26. The molecule has 0 atom stereocenters. The Labute approximate surface area is 139 Å². The van der Waals surface area contributed by atoms with Crippen LogP contribution in [0.15, 0.2) is 47.4 Å². The fourth-order valence-electron chi connectivity index (χ4n) is 1.98. The van der Waals surface area contributed by atoms with Crippen molar-refractivity contribution in [1.29, 1.82) is 0 Å². The number of methoxy groups -OCH3 is 2. The third-order valence-corrected chi connectivity index (χ3v) is 3.36. The van der Waals surface area contributed by atoms with Gasteiger partial charge in [0.1, 0.15) is 6.61 Å². The van der Waals surface area contributed by atoms with Crippen LogP contribution in [0, 0.1) is 0 Å². The summed E-state index contributed by atoms with van der Waals surface area (Å²) in [5.74, 6) is 0.652. The number of esters is 1. The summed E-state index contributed by atoms with van der Waals surface area (Å²) >= 11 is 0. The summed E-state index contributed by atoms with van der Waals surface area (Å²) in [5, 5.41) is 0. The quantitative estimate of drug-likeness (QED) is 0.600. The van der Waals surface area contributed by atoms with Crippen molar-refractivity contribution in [3.05, 3.63) is 64.1 Å². The SMILES string of the molecule is COC(=O)/C=C\c1ccc(OCc2ccn(C)c(=O)c2)c(OC)c1. The summed E-state index contributed by atoms with van der Waals surface area (Å²) in [4.78, 5) is 22.7. The molecule has 1 heterocycles. The zero-order valence-corrected chi connectivity index (χ0v) is 13.8. The predicted molar refractivity (Wildman–Crippen MR) is 90.1 cm³/mol. The molecule has 0 radical (unpaired) electrons. The summed E-state index contributed by atoms with van der Waals surface area (Å²) in [5.41, 5.74) is 1.46. The first kappa shape index (κ1) is 17.3. The van der Waals surface area contributed by atoms with E-state index in [1.165, 1.54) is 30.9 Å². The summed E-state index contributed by atoms with van der Waals surface area (Å²) in [6, 6.07) is 8.64. The number of nitrogens with zero attached hydrogens (tertiary/aromatic N) is 1. The van der Waals surface area contributed by atoms with E-state index in [2.05, 4.69) is 4.74 Å². The van der Waals surface area contributed by atoms with Gasteiger partial charge in [-0.15, -0.1) is 0 Å². The molecule has 126 valence electrons. The van der Waals surface area contributed by atoms with Crippen LogP contribution in [-0.4, -0.2) is 24.8 Å². The van der Waals surface area contributed by atoms with Crippen LogP contribution in [-0.2, 0) is 23.2 Å².